The van der Waals surface area contributed by atoms with Crippen LogP contribution in [-0.4, -0.2) is 13.1 Å². The lowest BCUT2D eigenvalue weighted by Gasteiger charge is -2.21. The molecule has 3 heteroatoms. The molecule has 0 radical (unpaired) electrons. The Bertz CT molecular complexity index is 328. The van der Waals surface area contributed by atoms with Gasteiger partial charge >= 0.3 is 5.97 Å². The summed E-state index contributed by atoms with van der Waals surface area (Å²) in [5, 5.41) is 0. The van der Waals surface area contributed by atoms with Crippen molar-refractivity contribution < 1.29 is 13.9 Å². The average molecular weight is 196 g/mol. The maximum atomic E-state index is 12.6. The summed E-state index contributed by atoms with van der Waals surface area (Å²) in [6.07, 6.45) is 0. The van der Waals surface area contributed by atoms with Crippen LogP contribution in [0.3, 0.4) is 0 Å². The van der Waals surface area contributed by atoms with E-state index in [2.05, 4.69) is 4.74 Å². The molecule has 0 amide bonds. The minimum Gasteiger partial charge on any atom is -0.468 e. The smallest absolute Gasteiger partial charge is 0.315 e. The van der Waals surface area contributed by atoms with Gasteiger partial charge in [-0.25, -0.2) is 4.39 Å². The molecule has 0 aliphatic rings. The van der Waals surface area contributed by atoms with Crippen molar-refractivity contribution in [3.05, 3.63) is 35.6 Å². The van der Waals surface area contributed by atoms with Gasteiger partial charge in [-0.2, -0.15) is 0 Å². The zero-order valence-electron chi connectivity index (χ0n) is 8.50. The van der Waals surface area contributed by atoms with Crippen molar-refractivity contribution in [2.24, 2.45) is 0 Å². The molecule has 76 valence electrons. The van der Waals surface area contributed by atoms with Crippen molar-refractivity contribution in [3.63, 3.8) is 0 Å². The van der Waals surface area contributed by atoms with Crippen LogP contribution in [0, 0.1) is 5.82 Å². The van der Waals surface area contributed by atoms with Gasteiger partial charge in [-0.3, -0.25) is 4.79 Å². The van der Waals surface area contributed by atoms with Crippen molar-refractivity contribution in [1.82, 2.24) is 0 Å². The van der Waals surface area contributed by atoms with Gasteiger partial charge in [0.2, 0.25) is 0 Å². The molecule has 0 aromatic heterocycles. The van der Waals surface area contributed by atoms with E-state index in [4.69, 9.17) is 0 Å². The normalized spacial score (nSPS) is 11.1. The third kappa shape index (κ3) is 1.92. The second-order valence-electron chi connectivity index (χ2n) is 3.62. The molecular weight excluding hydrogens is 183 g/mol. The first-order chi connectivity index (χ1) is 6.48. The highest BCUT2D eigenvalue weighted by molar-refractivity contribution is 5.82. The van der Waals surface area contributed by atoms with E-state index in [1.54, 1.807) is 26.0 Å². The third-order valence-corrected chi connectivity index (χ3v) is 2.26. The van der Waals surface area contributed by atoms with Crippen LogP contribution >= 0.6 is 0 Å². The molecule has 0 atom stereocenters. The Labute approximate surface area is 82.7 Å². The number of rotatable bonds is 2. The average Bonchev–Trinajstić information content (AvgIpc) is 2.17. The highest BCUT2D eigenvalue weighted by Crippen LogP contribution is 2.24. The second-order valence-corrected chi connectivity index (χ2v) is 3.62. The number of benzene rings is 1. The van der Waals surface area contributed by atoms with Crippen LogP contribution in [0.1, 0.15) is 19.4 Å². The number of carbonyl (C=O) groups excluding carboxylic acids is 1. The fourth-order valence-corrected chi connectivity index (χ4v) is 1.24. The molecule has 0 spiro atoms. The molecule has 2 nitrogen and oxygen atoms in total. The van der Waals surface area contributed by atoms with E-state index in [1.807, 2.05) is 0 Å². The Kier molecular flexibility index (Phi) is 2.89. The first-order valence-corrected chi connectivity index (χ1v) is 4.33. The van der Waals surface area contributed by atoms with E-state index >= 15 is 0 Å². The molecule has 1 aromatic rings. The maximum absolute atomic E-state index is 12.6. The predicted molar refractivity (Wildman–Crippen MR) is 51.4 cm³/mol. The third-order valence-electron chi connectivity index (χ3n) is 2.26. The number of halogens is 1. The van der Waals surface area contributed by atoms with Crippen molar-refractivity contribution in [2.75, 3.05) is 7.11 Å². The van der Waals surface area contributed by atoms with E-state index in [0.29, 0.717) is 0 Å². The zero-order chi connectivity index (χ0) is 10.8. The summed E-state index contributed by atoms with van der Waals surface area (Å²) in [6.45, 7) is 3.48. The van der Waals surface area contributed by atoms with Gasteiger partial charge in [0.1, 0.15) is 5.82 Å². The Morgan fingerprint density at radius 2 is 1.79 bits per heavy atom. The highest BCUT2D eigenvalue weighted by Gasteiger charge is 2.30. The molecule has 0 N–H and O–H groups in total. The van der Waals surface area contributed by atoms with E-state index in [9.17, 15) is 9.18 Å². The van der Waals surface area contributed by atoms with Crippen molar-refractivity contribution in [1.29, 1.82) is 0 Å². The molecule has 0 aliphatic carbocycles. The number of hydrogen-bond acceptors (Lipinski definition) is 2. The van der Waals surface area contributed by atoms with Crippen LogP contribution in [0.25, 0.3) is 0 Å². The first-order valence-electron chi connectivity index (χ1n) is 4.33. The number of esters is 1. The van der Waals surface area contributed by atoms with E-state index in [-0.39, 0.29) is 11.8 Å². The quantitative estimate of drug-likeness (QED) is 0.678. The minimum absolute atomic E-state index is 0.311. The Hall–Kier alpha value is -1.38. The summed E-state index contributed by atoms with van der Waals surface area (Å²) in [5.41, 5.74) is 0.00775. The largest absolute Gasteiger partial charge is 0.468 e. The van der Waals surface area contributed by atoms with E-state index in [0.717, 1.165) is 5.56 Å². The fourth-order valence-electron chi connectivity index (χ4n) is 1.24. The monoisotopic (exact) mass is 196 g/mol. The molecule has 0 fully saturated rings. The van der Waals surface area contributed by atoms with Gasteiger partial charge < -0.3 is 4.74 Å². The molecule has 0 heterocycles. The highest BCUT2D eigenvalue weighted by atomic mass is 19.1. The van der Waals surface area contributed by atoms with Crippen molar-refractivity contribution in [2.45, 2.75) is 19.3 Å². The summed E-state index contributed by atoms with van der Waals surface area (Å²) in [5.74, 6) is -0.640. The number of ether oxygens (including phenoxy) is 1. The lowest BCUT2D eigenvalue weighted by atomic mass is 9.85. The van der Waals surface area contributed by atoms with Gasteiger partial charge in [0.25, 0.3) is 0 Å². The number of carbonyl (C=O) groups is 1. The topological polar surface area (TPSA) is 26.3 Å². The van der Waals surface area contributed by atoms with Crippen LogP contribution in [0.4, 0.5) is 4.39 Å². The molecule has 0 saturated heterocycles. The van der Waals surface area contributed by atoms with Gasteiger partial charge in [0.15, 0.2) is 0 Å². The maximum Gasteiger partial charge on any atom is 0.315 e. The van der Waals surface area contributed by atoms with Gasteiger partial charge in [0.05, 0.1) is 12.5 Å². The number of methoxy groups -OCH3 is 1. The summed E-state index contributed by atoms with van der Waals surface area (Å²) in [4.78, 5) is 11.4. The Morgan fingerprint density at radius 1 is 1.29 bits per heavy atom. The number of hydrogen-bond donors (Lipinski definition) is 0. The molecule has 0 aliphatic heterocycles. The van der Waals surface area contributed by atoms with Crippen LogP contribution in [0.5, 0.6) is 0 Å². The van der Waals surface area contributed by atoms with Crippen LogP contribution < -0.4 is 0 Å². The molecular formula is C11H13FO2. The zero-order valence-corrected chi connectivity index (χ0v) is 8.50. The van der Waals surface area contributed by atoms with Gasteiger partial charge in [-0.1, -0.05) is 12.1 Å². The molecule has 0 unspecified atom stereocenters. The van der Waals surface area contributed by atoms with Crippen LogP contribution in [0.2, 0.25) is 0 Å². The van der Waals surface area contributed by atoms with Gasteiger partial charge in [0, 0.05) is 0 Å². The standard InChI is InChI=1S/C11H13FO2/c1-11(2,10(13)14-3)8-4-6-9(12)7-5-8/h4-7H,1-3H3. The summed E-state index contributed by atoms with van der Waals surface area (Å²) in [6, 6.07) is 5.85. The predicted octanol–water partition coefficient (Wildman–Crippen LogP) is 2.28. The molecule has 0 bridgehead atoms. The summed E-state index contributed by atoms with van der Waals surface area (Å²) in [7, 11) is 1.34. The van der Waals surface area contributed by atoms with Crippen molar-refractivity contribution >= 4 is 5.97 Å². The first kappa shape index (κ1) is 10.7. The molecule has 1 rings (SSSR count). The van der Waals surface area contributed by atoms with E-state index in [1.165, 1.54) is 19.2 Å². The lowest BCUT2D eigenvalue weighted by molar-refractivity contribution is -0.146. The van der Waals surface area contributed by atoms with Crippen LogP contribution in [-0.2, 0) is 14.9 Å². The molecule has 1 aromatic carbocycles. The molecule has 14 heavy (non-hydrogen) atoms. The Balaban J connectivity index is 3.03. The van der Waals surface area contributed by atoms with Crippen LogP contribution in [0.15, 0.2) is 24.3 Å². The second kappa shape index (κ2) is 3.78. The van der Waals surface area contributed by atoms with Gasteiger partial charge in [-0.05, 0) is 31.5 Å². The lowest BCUT2D eigenvalue weighted by Crippen LogP contribution is -2.30. The molecule has 0 saturated carbocycles. The SMILES string of the molecule is COC(=O)C(C)(C)c1ccc(F)cc1. The van der Waals surface area contributed by atoms with E-state index < -0.39 is 5.41 Å². The Morgan fingerprint density at radius 3 is 2.21 bits per heavy atom. The van der Waals surface area contributed by atoms with Gasteiger partial charge in [-0.15, -0.1) is 0 Å². The minimum atomic E-state index is -0.734. The fraction of sp³-hybridized carbons (Fsp3) is 0.364. The summed E-state index contributed by atoms with van der Waals surface area (Å²) >= 11 is 0. The van der Waals surface area contributed by atoms with Crippen molar-refractivity contribution in [3.8, 4) is 0 Å². The summed E-state index contributed by atoms with van der Waals surface area (Å²) < 4.78 is 17.3.